The van der Waals surface area contributed by atoms with Crippen LogP contribution in [-0.4, -0.2) is 25.9 Å². The van der Waals surface area contributed by atoms with E-state index >= 15 is 0 Å². The molecule has 0 aliphatic carbocycles. The normalized spacial score (nSPS) is 11.7. The maximum Gasteiger partial charge on any atom is 0.573 e. The molecule has 0 fully saturated rings. The van der Waals surface area contributed by atoms with Crippen molar-refractivity contribution < 1.29 is 17.9 Å². The highest BCUT2D eigenvalue weighted by molar-refractivity contribution is 6.30. The van der Waals surface area contributed by atoms with Gasteiger partial charge in [-0.2, -0.15) is 0 Å². The van der Waals surface area contributed by atoms with Crippen molar-refractivity contribution in [2.45, 2.75) is 12.9 Å². The minimum Gasteiger partial charge on any atom is -0.406 e. The first-order valence-corrected chi connectivity index (χ1v) is 8.72. The molecule has 6 nitrogen and oxygen atoms in total. The van der Waals surface area contributed by atoms with E-state index in [1.165, 1.54) is 35.0 Å². The average Bonchev–Trinajstić information content (AvgIpc) is 2.97. The van der Waals surface area contributed by atoms with Crippen molar-refractivity contribution in [1.82, 2.24) is 19.5 Å². The Hall–Kier alpha value is -3.33. The summed E-state index contributed by atoms with van der Waals surface area (Å²) >= 11 is 5.89. The number of nitrogens with zero attached hydrogens (tertiary/aromatic N) is 3. The fourth-order valence-corrected chi connectivity index (χ4v) is 2.93. The fourth-order valence-electron chi connectivity index (χ4n) is 2.81. The maximum atomic E-state index is 12.3. The minimum atomic E-state index is -4.76. The van der Waals surface area contributed by atoms with Crippen LogP contribution in [0.4, 0.5) is 13.2 Å². The molecule has 1 N–H and O–H groups in total. The first-order chi connectivity index (χ1) is 13.8. The van der Waals surface area contributed by atoms with Crippen LogP contribution in [0.15, 0.2) is 59.5 Å². The standard InChI is InChI=1S/C19H12ClF3N4O2/c20-13-5-1-11(2-6-13)10-27-17-16(26-18(27)28)24-9-15(25-17)12-3-7-14(8-4-12)29-19(21,22)23/h1-9H,10H2,(H,24,26,28). The summed E-state index contributed by atoms with van der Waals surface area (Å²) in [7, 11) is 0. The van der Waals surface area contributed by atoms with Gasteiger partial charge >= 0.3 is 12.1 Å². The maximum absolute atomic E-state index is 12.3. The van der Waals surface area contributed by atoms with E-state index in [4.69, 9.17) is 11.6 Å². The number of H-pyrrole nitrogens is 1. The van der Waals surface area contributed by atoms with Crippen LogP contribution in [0.2, 0.25) is 5.02 Å². The summed E-state index contributed by atoms with van der Waals surface area (Å²) in [4.78, 5) is 23.6. The molecule has 0 saturated carbocycles. The highest BCUT2D eigenvalue weighted by atomic mass is 35.5. The van der Waals surface area contributed by atoms with Gasteiger partial charge in [0, 0.05) is 10.6 Å². The number of aromatic nitrogens is 4. The molecule has 10 heteroatoms. The highest BCUT2D eigenvalue weighted by Crippen LogP contribution is 2.26. The average molecular weight is 421 g/mol. The lowest BCUT2D eigenvalue weighted by Crippen LogP contribution is -2.17. The molecule has 0 spiro atoms. The van der Waals surface area contributed by atoms with Crippen molar-refractivity contribution in [3.8, 4) is 17.0 Å². The quantitative estimate of drug-likeness (QED) is 0.531. The number of ether oxygens (including phenoxy) is 1. The van der Waals surface area contributed by atoms with Gasteiger partial charge in [-0.05, 0) is 42.0 Å². The second kappa shape index (κ2) is 7.25. The van der Waals surface area contributed by atoms with Gasteiger partial charge in [0.2, 0.25) is 0 Å². The number of alkyl halides is 3. The number of aromatic amines is 1. The lowest BCUT2D eigenvalue weighted by Gasteiger charge is -2.09. The van der Waals surface area contributed by atoms with E-state index in [0.29, 0.717) is 27.6 Å². The lowest BCUT2D eigenvalue weighted by molar-refractivity contribution is -0.274. The van der Waals surface area contributed by atoms with Crippen molar-refractivity contribution in [3.63, 3.8) is 0 Å². The van der Waals surface area contributed by atoms with E-state index in [2.05, 4.69) is 19.7 Å². The first-order valence-electron chi connectivity index (χ1n) is 8.35. The van der Waals surface area contributed by atoms with Crippen LogP contribution in [-0.2, 0) is 6.54 Å². The number of hydrogen-bond acceptors (Lipinski definition) is 4. The van der Waals surface area contributed by atoms with E-state index in [-0.39, 0.29) is 18.0 Å². The zero-order valence-electron chi connectivity index (χ0n) is 14.6. The largest absolute Gasteiger partial charge is 0.573 e. The monoisotopic (exact) mass is 420 g/mol. The van der Waals surface area contributed by atoms with Gasteiger partial charge in [0.05, 0.1) is 18.4 Å². The Balaban J connectivity index is 1.68. The second-order valence-corrected chi connectivity index (χ2v) is 6.58. The van der Waals surface area contributed by atoms with Crippen LogP contribution in [0, 0.1) is 0 Å². The molecule has 2 aromatic carbocycles. The topological polar surface area (TPSA) is 72.8 Å². The molecule has 2 heterocycles. The molecule has 0 saturated heterocycles. The Bertz CT molecular complexity index is 1220. The summed E-state index contributed by atoms with van der Waals surface area (Å²) < 4.78 is 42.2. The molecule has 0 unspecified atom stereocenters. The number of benzene rings is 2. The summed E-state index contributed by atoms with van der Waals surface area (Å²) in [6.45, 7) is 0.256. The second-order valence-electron chi connectivity index (χ2n) is 6.14. The van der Waals surface area contributed by atoms with E-state index in [1.54, 1.807) is 24.3 Å². The van der Waals surface area contributed by atoms with Gasteiger partial charge < -0.3 is 4.74 Å². The SMILES string of the molecule is O=c1[nH]c2ncc(-c3ccc(OC(F)(F)F)cc3)nc2n1Cc1ccc(Cl)cc1. The molecular weight excluding hydrogens is 409 g/mol. The molecule has 0 atom stereocenters. The van der Waals surface area contributed by atoms with Crippen molar-refractivity contribution in [2.75, 3.05) is 0 Å². The Morgan fingerprint density at radius 1 is 1.07 bits per heavy atom. The Morgan fingerprint density at radius 2 is 1.76 bits per heavy atom. The van der Waals surface area contributed by atoms with Crippen LogP contribution in [0.3, 0.4) is 0 Å². The molecule has 148 valence electrons. The summed E-state index contributed by atoms with van der Waals surface area (Å²) in [5.74, 6) is -0.337. The van der Waals surface area contributed by atoms with Crippen molar-refractivity contribution >= 4 is 22.9 Å². The van der Waals surface area contributed by atoms with Crippen LogP contribution >= 0.6 is 11.6 Å². The summed E-state index contributed by atoms with van der Waals surface area (Å²) in [5.41, 5.74) is 2.04. The number of fused-ring (bicyclic) bond motifs is 1. The molecule has 0 radical (unpaired) electrons. The van der Waals surface area contributed by atoms with Crippen molar-refractivity contribution in [2.24, 2.45) is 0 Å². The predicted octanol–water partition coefficient (Wildman–Crippen LogP) is 4.39. The van der Waals surface area contributed by atoms with Crippen LogP contribution < -0.4 is 10.4 Å². The summed E-state index contributed by atoms with van der Waals surface area (Å²) in [6.07, 6.45) is -3.33. The summed E-state index contributed by atoms with van der Waals surface area (Å²) in [6, 6.07) is 12.3. The molecule has 0 aliphatic heterocycles. The molecular formula is C19H12ClF3N4O2. The van der Waals surface area contributed by atoms with E-state index in [0.717, 1.165) is 5.56 Å². The van der Waals surface area contributed by atoms with Gasteiger partial charge in [0.1, 0.15) is 5.75 Å². The molecule has 29 heavy (non-hydrogen) atoms. The third-order valence-corrected chi connectivity index (χ3v) is 4.37. The molecule has 2 aromatic heterocycles. The van der Waals surface area contributed by atoms with Gasteiger partial charge in [-0.1, -0.05) is 23.7 Å². The number of nitrogens with one attached hydrogen (secondary N) is 1. The predicted molar refractivity (Wildman–Crippen MR) is 101 cm³/mol. The molecule has 4 rings (SSSR count). The molecule has 0 aliphatic rings. The zero-order chi connectivity index (χ0) is 20.6. The Kier molecular flexibility index (Phi) is 4.75. The lowest BCUT2D eigenvalue weighted by atomic mass is 10.1. The van der Waals surface area contributed by atoms with Crippen LogP contribution in [0.5, 0.6) is 5.75 Å². The number of halogens is 4. The summed E-state index contributed by atoms with van der Waals surface area (Å²) in [5, 5.41) is 0.583. The smallest absolute Gasteiger partial charge is 0.406 e. The van der Waals surface area contributed by atoms with Gasteiger partial charge in [-0.3, -0.25) is 9.55 Å². The van der Waals surface area contributed by atoms with Gasteiger partial charge in [-0.15, -0.1) is 13.2 Å². The number of rotatable bonds is 4. The van der Waals surface area contributed by atoms with Gasteiger partial charge in [0.25, 0.3) is 0 Å². The first kappa shape index (κ1) is 19.0. The fraction of sp³-hybridized carbons (Fsp3) is 0.105. The van der Waals surface area contributed by atoms with E-state index in [9.17, 15) is 18.0 Å². The van der Waals surface area contributed by atoms with Gasteiger partial charge in [-0.25, -0.2) is 14.8 Å². The molecule has 4 aromatic rings. The minimum absolute atomic E-state index is 0.256. The molecule has 0 amide bonds. The van der Waals surface area contributed by atoms with Crippen molar-refractivity contribution in [3.05, 3.63) is 75.8 Å². The van der Waals surface area contributed by atoms with E-state index in [1.807, 2.05) is 0 Å². The van der Waals surface area contributed by atoms with Crippen LogP contribution in [0.25, 0.3) is 22.6 Å². The number of hydrogen-bond donors (Lipinski definition) is 1. The molecule has 0 bridgehead atoms. The highest BCUT2D eigenvalue weighted by Gasteiger charge is 2.31. The zero-order valence-corrected chi connectivity index (χ0v) is 15.3. The van der Waals surface area contributed by atoms with E-state index < -0.39 is 6.36 Å². The number of imidazole rings is 1. The third-order valence-electron chi connectivity index (χ3n) is 4.12. The van der Waals surface area contributed by atoms with Crippen molar-refractivity contribution in [1.29, 1.82) is 0 Å². The van der Waals surface area contributed by atoms with Crippen LogP contribution in [0.1, 0.15) is 5.56 Å². The third kappa shape index (κ3) is 4.24. The Labute approximate surface area is 166 Å². The van der Waals surface area contributed by atoms with Gasteiger partial charge in [0.15, 0.2) is 11.3 Å². The Morgan fingerprint density at radius 3 is 2.41 bits per heavy atom.